The second-order valence-corrected chi connectivity index (χ2v) is 13.1. The van der Waals surface area contributed by atoms with Gasteiger partial charge in [0.05, 0.1) is 24.9 Å². The molecule has 23 heavy (non-hydrogen) atoms. The number of rotatable bonds is 7. The Kier molecular flexibility index (Phi) is 7.51. The third-order valence-corrected chi connectivity index (χ3v) is 9.97. The lowest BCUT2D eigenvalue weighted by Crippen LogP contribution is -2.43. The number of nitriles is 1. The zero-order valence-corrected chi connectivity index (χ0v) is 17.1. The molecule has 0 unspecified atom stereocenters. The highest BCUT2D eigenvalue weighted by molar-refractivity contribution is 6.74. The third kappa shape index (κ3) is 5.74. The van der Waals surface area contributed by atoms with E-state index in [2.05, 4.69) is 65.9 Å². The van der Waals surface area contributed by atoms with E-state index in [1.807, 2.05) is 0 Å². The smallest absolute Gasteiger partial charge is 0.192 e. The fraction of sp³-hybridized carbons (Fsp3) is 0.842. The molecule has 0 amide bonds. The van der Waals surface area contributed by atoms with Crippen LogP contribution < -0.4 is 0 Å². The summed E-state index contributed by atoms with van der Waals surface area (Å²) in [7, 11) is -1.75. The molecule has 1 aliphatic rings. The van der Waals surface area contributed by atoms with E-state index in [1.54, 1.807) is 0 Å². The standard InChI is InChI=1S/C19H35NO2Si/c1-8-16(22-23(6,7)19(3,4)5)11-12-18-17(10-9-13-20)15(2)14-21-18/h11-12,15-18H,8-10,14H2,1-7H3/b12-11+/t15-,16-,17-,18+/m0/s1. The fourth-order valence-electron chi connectivity index (χ4n) is 2.76. The first kappa shape index (κ1) is 20.4. The maximum absolute atomic E-state index is 8.83. The zero-order chi connectivity index (χ0) is 17.7. The van der Waals surface area contributed by atoms with Crippen LogP contribution in [0.15, 0.2) is 12.2 Å². The summed E-state index contributed by atoms with van der Waals surface area (Å²) in [6.07, 6.45) is 7.19. The van der Waals surface area contributed by atoms with Gasteiger partial charge in [0.25, 0.3) is 0 Å². The van der Waals surface area contributed by atoms with Gasteiger partial charge in [0.2, 0.25) is 0 Å². The van der Waals surface area contributed by atoms with Crippen molar-refractivity contribution < 1.29 is 9.16 Å². The van der Waals surface area contributed by atoms with E-state index in [0.717, 1.165) is 19.4 Å². The van der Waals surface area contributed by atoms with Crippen molar-refractivity contribution in [3.8, 4) is 6.07 Å². The van der Waals surface area contributed by atoms with Crippen LogP contribution in [0.5, 0.6) is 0 Å². The SMILES string of the molecule is CC[C@@H](/C=C/[C@H]1OC[C@H](C)[C@@H]1CCC#N)O[Si](C)(C)C(C)(C)C. The lowest BCUT2D eigenvalue weighted by molar-refractivity contribution is 0.123. The summed E-state index contributed by atoms with van der Waals surface area (Å²) in [5.74, 6) is 0.982. The maximum Gasteiger partial charge on any atom is 0.192 e. The molecular formula is C19H35NO2Si. The van der Waals surface area contributed by atoms with E-state index in [-0.39, 0.29) is 17.2 Å². The highest BCUT2D eigenvalue weighted by Gasteiger charge is 2.38. The molecule has 4 heteroatoms. The third-order valence-electron chi connectivity index (χ3n) is 5.46. The molecule has 1 saturated heterocycles. The lowest BCUT2D eigenvalue weighted by atomic mass is 9.88. The first-order valence-electron chi connectivity index (χ1n) is 8.97. The van der Waals surface area contributed by atoms with E-state index in [0.29, 0.717) is 18.3 Å². The van der Waals surface area contributed by atoms with E-state index in [9.17, 15) is 0 Å². The van der Waals surface area contributed by atoms with Gasteiger partial charge in [0, 0.05) is 6.42 Å². The van der Waals surface area contributed by atoms with Crippen molar-refractivity contribution >= 4 is 8.32 Å². The first-order chi connectivity index (χ1) is 10.6. The van der Waals surface area contributed by atoms with Crippen LogP contribution in [-0.2, 0) is 9.16 Å². The molecule has 0 aliphatic carbocycles. The van der Waals surface area contributed by atoms with Crippen molar-refractivity contribution in [2.45, 2.75) is 84.2 Å². The molecule has 0 aromatic rings. The molecule has 3 nitrogen and oxygen atoms in total. The minimum atomic E-state index is -1.75. The second-order valence-electron chi connectivity index (χ2n) is 8.35. The summed E-state index contributed by atoms with van der Waals surface area (Å²) in [5.41, 5.74) is 0. The summed E-state index contributed by atoms with van der Waals surface area (Å²) in [6.45, 7) is 16.6. The molecule has 0 bridgehead atoms. The van der Waals surface area contributed by atoms with Gasteiger partial charge in [-0.1, -0.05) is 46.8 Å². The monoisotopic (exact) mass is 337 g/mol. The molecule has 0 radical (unpaired) electrons. The largest absolute Gasteiger partial charge is 0.411 e. The van der Waals surface area contributed by atoms with Crippen LogP contribution >= 0.6 is 0 Å². The Morgan fingerprint density at radius 3 is 2.57 bits per heavy atom. The predicted octanol–water partition coefficient (Wildman–Crippen LogP) is 5.30. The van der Waals surface area contributed by atoms with Gasteiger partial charge in [-0.2, -0.15) is 5.26 Å². The van der Waals surface area contributed by atoms with Crippen molar-refractivity contribution in [2.24, 2.45) is 11.8 Å². The molecule has 0 aromatic carbocycles. The highest BCUT2D eigenvalue weighted by atomic mass is 28.4. The van der Waals surface area contributed by atoms with Crippen LogP contribution in [0.3, 0.4) is 0 Å². The zero-order valence-electron chi connectivity index (χ0n) is 16.1. The fourth-order valence-corrected chi connectivity index (χ4v) is 4.12. The van der Waals surface area contributed by atoms with Gasteiger partial charge in [-0.15, -0.1) is 0 Å². The Morgan fingerprint density at radius 1 is 1.39 bits per heavy atom. The summed E-state index contributed by atoms with van der Waals surface area (Å²) in [4.78, 5) is 0. The quantitative estimate of drug-likeness (QED) is 0.468. The minimum absolute atomic E-state index is 0.135. The molecule has 0 aromatic heterocycles. The van der Waals surface area contributed by atoms with Crippen molar-refractivity contribution in [1.29, 1.82) is 5.26 Å². The summed E-state index contributed by atoms with van der Waals surface area (Å²) in [5, 5.41) is 9.06. The lowest BCUT2D eigenvalue weighted by Gasteiger charge is -2.38. The normalized spacial score (nSPS) is 27.3. The average molecular weight is 338 g/mol. The number of hydrogen-bond donors (Lipinski definition) is 0. The van der Waals surface area contributed by atoms with Crippen LogP contribution in [0.1, 0.15) is 53.9 Å². The van der Waals surface area contributed by atoms with Crippen LogP contribution in [0, 0.1) is 23.2 Å². The van der Waals surface area contributed by atoms with Gasteiger partial charge in [0.15, 0.2) is 8.32 Å². The number of nitrogens with zero attached hydrogens (tertiary/aromatic N) is 1. The topological polar surface area (TPSA) is 42.2 Å². The summed E-state index contributed by atoms with van der Waals surface area (Å²) in [6, 6.07) is 2.26. The first-order valence-corrected chi connectivity index (χ1v) is 11.9. The molecule has 1 rings (SSSR count). The molecular weight excluding hydrogens is 302 g/mol. The number of hydrogen-bond acceptors (Lipinski definition) is 3. The highest BCUT2D eigenvalue weighted by Crippen LogP contribution is 2.38. The van der Waals surface area contributed by atoms with Gasteiger partial charge in [-0.25, -0.2) is 0 Å². The van der Waals surface area contributed by atoms with Crippen LogP contribution in [-0.4, -0.2) is 27.1 Å². The van der Waals surface area contributed by atoms with Gasteiger partial charge in [-0.05, 0) is 42.8 Å². The van der Waals surface area contributed by atoms with Gasteiger partial charge in [-0.3, -0.25) is 0 Å². The van der Waals surface area contributed by atoms with Crippen molar-refractivity contribution in [3.63, 3.8) is 0 Å². The molecule has 0 saturated carbocycles. The average Bonchev–Trinajstić information content (AvgIpc) is 2.80. The van der Waals surface area contributed by atoms with Crippen LogP contribution in [0.25, 0.3) is 0 Å². The maximum atomic E-state index is 8.83. The molecule has 132 valence electrons. The molecule has 4 atom stereocenters. The Hall–Kier alpha value is -0.633. The van der Waals surface area contributed by atoms with E-state index >= 15 is 0 Å². The minimum Gasteiger partial charge on any atom is -0.411 e. The molecule has 1 fully saturated rings. The van der Waals surface area contributed by atoms with Crippen molar-refractivity contribution in [2.75, 3.05) is 6.61 Å². The van der Waals surface area contributed by atoms with Crippen LogP contribution in [0.4, 0.5) is 0 Å². The van der Waals surface area contributed by atoms with Crippen molar-refractivity contribution in [3.05, 3.63) is 12.2 Å². The molecule has 1 aliphatic heterocycles. The van der Waals surface area contributed by atoms with Gasteiger partial charge in [0.1, 0.15) is 0 Å². The summed E-state index contributed by atoms with van der Waals surface area (Å²) < 4.78 is 12.4. The van der Waals surface area contributed by atoms with Crippen molar-refractivity contribution in [1.82, 2.24) is 0 Å². The summed E-state index contributed by atoms with van der Waals surface area (Å²) >= 11 is 0. The number of ether oxygens (including phenoxy) is 1. The van der Waals surface area contributed by atoms with Gasteiger partial charge >= 0.3 is 0 Å². The van der Waals surface area contributed by atoms with Crippen LogP contribution in [0.2, 0.25) is 18.1 Å². The molecule has 1 heterocycles. The Bertz CT molecular complexity index is 434. The molecule has 0 N–H and O–H groups in total. The Labute approximate surface area is 144 Å². The van der Waals surface area contributed by atoms with E-state index in [1.165, 1.54) is 0 Å². The Balaban J connectivity index is 2.71. The van der Waals surface area contributed by atoms with E-state index in [4.69, 9.17) is 14.4 Å². The van der Waals surface area contributed by atoms with E-state index < -0.39 is 8.32 Å². The second kappa shape index (κ2) is 8.46. The molecule has 0 spiro atoms. The predicted molar refractivity (Wildman–Crippen MR) is 98.7 cm³/mol. The van der Waals surface area contributed by atoms with Gasteiger partial charge < -0.3 is 9.16 Å². The Morgan fingerprint density at radius 2 is 2.04 bits per heavy atom.